The highest BCUT2D eigenvalue weighted by molar-refractivity contribution is 5.72. The second-order valence-electron chi connectivity index (χ2n) is 5.53. The fourth-order valence-corrected chi connectivity index (χ4v) is 1.60. The highest BCUT2D eigenvalue weighted by atomic mass is 16.6. The Hall–Kier alpha value is -0.570. The minimum Gasteiger partial charge on any atom is -0.459 e. The molecule has 0 aromatic carbocycles. The van der Waals surface area contributed by atoms with Crippen molar-refractivity contribution in [2.45, 2.75) is 71.8 Å². The molecular formula is C14H29NO2. The molecule has 0 amide bonds. The number of ether oxygens (including phenoxy) is 1. The largest absolute Gasteiger partial charge is 0.459 e. The minimum atomic E-state index is -0.376. The summed E-state index contributed by atoms with van der Waals surface area (Å²) in [5.74, 6) is -0.163. The van der Waals surface area contributed by atoms with Gasteiger partial charge in [-0.15, -0.1) is 0 Å². The summed E-state index contributed by atoms with van der Waals surface area (Å²) in [7, 11) is 0. The molecule has 0 heterocycles. The Morgan fingerprint density at radius 1 is 1.06 bits per heavy atom. The first-order valence-electron chi connectivity index (χ1n) is 6.88. The molecule has 0 aliphatic carbocycles. The number of esters is 1. The van der Waals surface area contributed by atoms with Crippen LogP contribution in [0.4, 0.5) is 0 Å². The van der Waals surface area contributed by atoms with E-state index >= 15 is 0 Å². The summed E-state index contributed by atoms with van der Waals surface area (Å²) >= 11 is 0. The summed E-state index contributed by atoms with van der Waals surface area (Å²) in [4.78, 5) is 11.3. The number of nitrogens with one attached hydrogen (secondary N) is 1. The van der Waals surface area contributed by atoms with E-state index in [2.05, 4.69) is 12.2 Å². The molecule has 102 valence electrons. The molecule has 0 aliphatic heterocycles. The van der Waals surface area contributed by atoms with Crippen molar-refractivity contribution in [1.82, 2.24) is 5.32 Å². The van der Waals surface area contributed by atoms with Crippen LogP contribution in [-0.2, 0) is 9.53 Å². The quantitative estimate of drug-likeness (QED) is 0.499. The maximum absolute atomic E-state index is 11.3. The van der Waals surface area contributed by atoms with Crippen molar-refractivity contribution in [2.24, 2.45) is 0 Å². The van der Waals surface area contributed by atoms with Crippen LogP contribution < -0.4 is 5.32 Å². The Balaban J connectivity index is 3.25. The van der Waals surface area contributed by atoms with Gasteiger partial charge >= 0.3 is 5.97 Å². The topological polar surface area (TPSA) is 38.3 Å². The van der Waals surface area contributed by atoms with Crippen molar-refractivity contribution in [2.75, 3.05) is 13.1 Å². The van der Waals surface area contributed by atoms with E-state index < -0.39 is 0 Å². The molecule has 3 heteroatoms. The number of hydrogen-bond acceptors (Lipinski definition) is 3. The molecule has 0 spiro atoms. The van der Waals surface area contributed by atoms with Crippen LogP contribution in [0.5, 0.6) is 0 Å². The number of unbranched alkanes of at least 4 members (excludes halogenated alkanes) is 5. The Morgan fingerprint density at radius 3 is 2.24 bits per heavy atom. The van der Waals surface area contributed by atoms with E-state index in [1.165, 1.54) is 32.1 Å². The summed E-state index contributed by atoms with van der Waals surface area (Å²) in [6.45, 7) is 9.12. The predicted molar refractivity (Wildman–Crippen MR) is 72.1 cm³/mol. The smallest absolute Gasteiger partial charge is 0.320 e. The average molecular weight is 243 g/mol. The molecule has 0 rings (SSSR count). The molecule has 17 heavy (non-hydrogen) atoms. The number of carbonyl (C=O) groups excluding carboxylic acids is 1. The minimum absolute atomic E-state index is 0.163. The zero-order valence-electron chi connectivity index (χ0n) is 12.0. The lowest BCUT2D eigenvalue weighted by atomic mass is 10.1. The molecule has 0 radical (unpaired) electrons. The van der Waals surface area contributed by atoms with E-state index in [0.717, 1.165) is 13.0 Å². The first-order valence-corrected chi connectivity index (χ1v) is 6.88. The van der Waals surface area contributed by atoms with Gasteiger partial charge in [0.25, 0.3) is 0 Å². The molecule has 0 aromatic rings. The summed E-state index contributed by atoms with van der Waals surface area (Å²) in [6.07, 6.45) is 7.67. The molecule has 0 aliphatic rings. The SMILES string of the molecule is CCCCCCCCNCC(=O)OC(C)(C)C. The van der Waals surface area contributed by atoms with Crippen LogP contribution in [0.15, 0.2) is 0 Å². The summed E-state index contributed by atoms with van der Waals surface area (Å²) in [6, 6.07) is 0. The van der Waals surface area contributed by atoms with Gasteiger partial charge in [-0.1, -0.05) is 39.0 Å². The maximum atomic E-state index is 11.3. The van der Waals surface area contributed by atoms with Crippen molar-refractivity contribution in [3.05, 3.63) is 0 Å². The van der Waals surface area contributed by atoms with Crippen LogP contribution in [-0.4, -0.2) is 24.7 Å². The van der Waals surface area contributed by atoms with Crippen LogP contribution in [0.1, 0.15) is 66.2 Å². The van der Waals surface area contributed by atoms with Gasteiger partial charge in [-0.2, -0.15) is 0 Å². The van der Waals surface area contributed by atoms with Gasteiger partial charge in [0.1, 0.15) is 5.60 Å². The fraction of sp³-hybridized carbons (Fsp3) is 0.929. The highest BCUT2D eigenvalue weighted by Crippen LogP contribution is 2.06. The zero-order chi connectivity index (χ0) is 13.1. The lowest BCUT2D eigenvalue weighted by Gasteiger charge is -2.19. The van der Waals surface area contributed by atoms with Gasteiger partial charge in [-0.25, -0.2) is 0 Å². The Bertz CT molecular complexity index is 197. The molecule has 0 saturated carbocycles. The normalized spacial score (nSPS) is 11.5. The predicted octanol–water partition coefficient (Wildman–Crippen LogP) is 3.28. The Morgan fingerprint density at radius 2 is 1.65 bits per heavy atom. The van der Waals surface area contributed by atoms with Crippen LogP contribution in [0.25, 0.3) is 0 Å². The second-order valence-corrected chi connectivity index (χ2v) is 5.53. The number of rotatable bonds is 9. The number of carbonyl (C=O) groups is 1. The third-order valence-electron chi connectivity index (χ3n) is 2.40. The Labute approximate surface area is 106 Å². The van der Waals surface area contributed by atoms with Gasteiger partial charge in [0.05, 0.1) is 6.54 Å². The van der Waals surface area contributed by atoms with E-state index in [1.54, 1.807) is 0 Å². The zero-order valence-corrected chi connectivity index (χ0v) is 12.0. The monoisotopic (exact) mass is 243 g/mol. The van der Waals surface area contributed by atoms with Gasteiger partial charge < -0.3 is 10.1 Å². The van der Waals surface area contributed by atoms with E-state index in [0.29, 0.717) is 6.54 Å². The van der Waals surface area contributed by atoms with Crippen molar-refractivity contribution in [3.8, 4) is 0 Å². The van der Waals surface area contributed by atoms with Gasteiger partial charge in [0, 0.05) is 0 Å². The molecule has 1 N–H and O–H groups in total. The Kier molecular flexibility index (Phi) is 9.14. The van der Waals surface area contributed by atoms with Gasteiger partial charge in [-0.05, 0) is 33.7 Å². The van der Waals surface area contributed by atoms with Crippen molar-refractivity contribution >= 4 is 5.97 Å². The standard InChI is InChI=1S/C14H29NO2/c1-5-6-7-8-9-10-11-15-12-13(16)17-14(2,3)4/h15H,5-12H2,1-4H3. The van der Waals surface area contributed by atoms with E-state index in [4.69, 9.17) is 4.74 Å². The molecular weight excluding hydrogens is 214 g/mol. The number of hydrogen-bond donors (Lipinski definition) is 1. The highest BCUT2D eigenvalue weighted by Gasteiger charge is 2.15. The summed E-state index contributed by atoms with van der Waals surface area (Å²) in [5, 5.41) is 3.12. The third-order valence-corrected chi connectivity index (χ3v) is 2.40. The first kappa shape index (κ1) is 16.4. The molecule has 3 nitrogen and oxygen atoms in total. The van der Waals surface area contributed by atoms with Gasteiger partial charge in [0.15, 0.2) is 0 Å². The van der Waals surface area contributed by atoms with Crippen molar-refractivity contribution < 1.29 is 9.53 Å². The first-order chi connectivity index (χ1) is 7.95. The maximum Gasteiger partial charge on any atom is 0.320 e. The van der Waals surface area contributed by atoms with E-state index in [1.807, 2.05) is 20.8 Å². The molecule has 0 unspecified atom stereocenters. The molecule has 0 atom stereocenters. The van der Waals surface area contributed by atoms with Gasteiger partial charge in [0.2, 0.25) is 0 Å². The fourth-order valence-electron chi connectivity index (χ4n) is 1.60. The van der Waals surface area contributed by atoms with Crippen LogP contribution in [0.2, 0.25) is 0 Å². The van der Waals surface area contributed by atoms with E-state index in [9.17, 15) is 4.79 Å². The molecule has 0 aromatic heterocycles. The summed E-state index contributed by atoms with van der Waals surface area (Å²) < 4.78 is 5.20. The third kappa shape index (κ3) is 13.4. The van der Waals surface area contributed by atoms with Gasteiger partial charge in [-0.3, -0.25) is 4.79 Å². The van der Waals surface area contributed by atoms with E-state index in [-0.39, 0.29) is 11.6 Å². The lowest BCUT2D eigenvalue weighted by Crippen LogP contribution is -2.31. The van der Waals surface area contributed by atoms with Crippen LogP contribution in [0, 0.1) is 0 Å². The summed E-state index contributed by atoms with van der Waals surface area (Å²) in [5.41, 5.74) is -0.376. The van der Waals surface area contributed by atoms with Crippen LogP contribution in [0.3, 0.4) is 0 Å². The molecule has 0 bridgehead atoms. The van der Waals surface area contributed by atoms with Crippen LogP contribution >= 0.6 is 0 Å². The van der Waals surface area contributed by atoms with Crippen molar-refractivity contribution in [1.29, 1.82) is 0 Å². The second kappa shape index (κ2) is 9.46. The molecule has 0 fully saturated rings. The van der Waals surface area contributed by atoms with Crippen molar-refractivity contribution in [3.63, 3.8) is 0 Å². The molecule has 0 saturated heterocycles. The lowest BCUT2D eigenvalue weighted by molar-refractivity contribution is -0.153. The average Bonchev–Trinajstić information content (AvgIpc) is 2.19.